The molecule has 1 amide bonds. The van der Waals surface area contributed by atoms with Gasteiger partial charge >= 0.3 is 6.09 Å². The molecule has 0 bridgehead atoms. The van der Waals surface area contributed by atoms with Crippen LogP contribution in [0, 0.1) is 6.92 Å². The summed E-state index contributed by atoms with van der Waals surface area (Å²) in [5, 5.41) is 11.1. The van der Waals surface area contributed by atoms with Crippen LogP contribution in [-0.4, -0.2) is 33.6 Å². The SMILES string of the molecule is Cc1c(C(C)N[C@@H]2CCCC[C@H]2NC(=O)OC(C)(C)C)cnn1C. The maximum atomic E-state index is 12.1. The van der Waals surface area contributed by atoms with Crippen molar-refractivity contribution in [1.82, 2.24) is 20.4 Å². The van der Waals surface area contributed by atoms with Crippen LogP contribution in [0.3, 0.4) is 0 Å². The predicted molar refractivity (Wildman–Crippen MR) is 94.9 cm³/mol. The van der Waals surface area contributed by atoms with Gasteiger partial charge in [0.25, 0.3) is 0 Å². The Balaban J connectivity index is 1.98. The summed E-state index contributed by atoms with van der Waals surface area (Å²) in [5.41, 5.74) is 1.91. The first-order chi connectivity index (χ1) is 11.2. The zero-order valence-corrected chi connectivity index (χ0v) is 15.8. The van der Waals surface area contributed by atoms with Crippen molar-refractivity contribution in [1.29, 1.82) is 0 Å². The Kier molecular flexibility index (Phi) is 5.91. The summed E-state index contributed by atoms with van der Waals surface area (Å²) < 4.78 is 7.30. The van der Waals surface area contributed by atoms with Gasteiger partial charge in [0.1, 0.15) is 5.60 Å². The van der Waals surface area contributed by atoms with E-state index in [0.717, 1.165) is 19.3 Å². The Morgan fingerprint density at radius 2 is 1.96 bits per heavy atom. The standard InChI is InChI=1S/C18H32N4O2/c1-12(14-11-19-22(6)13(14)2)20-15-9-7-8-10-16(15)21-17(23)24-18(3,4)5/h11-12,15-16,20H,7-10H2,1-6H3,(H,21,23)/t12?,15-,16-/m1/s1. The monoisotopic (exact) mass is 336 g/mol. The van der Waals surface area contributed by atoms with Gasteiger partial charge in [-0.25, -0.2) is 4.79 Å². The fourth-order valence-electron chi connectivity index (χ4n) is 3.31. The van der Waals surface area contributed by atoms with Crippen molar-refractivity contribution in [3.05, 3.63) is 17.5 Å². The summed E-state index contributed by atoms with van der Waals surface area (Å²) in [6.07, 6.45) is 5.96. The smallest absolute Gasteiger partial charge is 0.407 e. The minimum absolute atomic E-state index is 0.105. The highest BCUT2D eigenvalue weighted by Gasteiger charge is 2.29. The molecular formula is C18H32N4O2. The van der Waals surface area contributed by atoms with E-state index < -0.39 is 5.60 Å². The summed E-state index contributed by atoms with van der Waals surface area (Å²) in [6, 6.07) is 0.554. The zero-order valence-electron chi connectivity index (χ0n) is 15.8. The van der Waals surface area contributed by atoms with Gasteiger partial charge in [0.05, 0.1) is 6.20 Å². The molecule has 0 spiro atoms. The molecule has 2 N–H and O–H groups in total. The summed E-state index contributed by atoms with van der Waals surface area (Å²) >= 11 is 0. The van der Waals surface area contributed by atoms with Gasteiger partial charge in [0.15, 0.2) is 0 Å². The Morgan fingerprint density at radius 3 is 2.50 bits per heavy atom. The fraction of sp³-hybridized carbons (Fsp3) is 0.778. The van der Waals surface area contributed by atoms with Crippen molar-refractivity contribution in [3.63, 3.8) is 0 Å². The second-order valence-electron chi connectivity index (χ2n) is 7.84. The molecular weight excluding hydrogens is 304 g/mol. The van der Waals surface area contributed by atoms with E-state index in [4.69, 9.17) is 4.74 Å². The molecule has 0 aromatic carbocycles. The van der Waals surface area contributed by atoms with Crippen LogP contribution >= 0.6 is 0 Å². The Morgan fingerprint density at radius 1 is 1.33 bits per heavy atom. The van der Waals surface area contributed by atoms with Crippen LogP contribution in [0.1, 0.15) is 70.7 Å². The largest absolute Gasteiger partial charge is 0.444 e. The van der Waals surface area contributed by atoms with Gasteiger partial charge in [-0.05, 0) is 47.5 Å². The lowest BCUT2D eigenvalue weighted by Crippen LogP contribution is -2.53. The first kappa shape index (κ1) is 18.8. The van der Waals surface area contributed by atoms with Crippen LogP contribution in [0.15, 0.2) is 6.20 Å². The molecule has 1 saturated carbocycles. The van der Waals surface area contributed by atoms with E-state index in [9.17, 15) is 4.79 Å². The number of amides is 1. The number of hydrogen-bond donors (Lipinski definition) is 2. The third-order valence-corrected chi connectivity index (χ3v) is 4.67. The van der Waals surface area contributed by atoms with Gasteiger partial charge in [-0.15, -0.1) is 0 Å². The van der Waals surface area contributed by atoms with Crippen molar-refractivity contribution < 1.29 is 9.53 Å². The van der Waals surface area contributed by atoms with Gasteiger partial charge in [-0.2, -0.15) is 5.10 Å². The molecule has 6 heteroatoms. The summed E-state index contributed by atoms with van der Waals surface area (Å²) in [7, 11) is 1.96. The Labute approximate surface area is 145 Å². The molecule has 1 fully saturated rings. The molecule has 1 aromatic heterocycles. The zero-order chi connectivity index (χ0) is 17.9. The molecule has 0 saturated heterocycles. The van der Waals surface area contributed by atoms with Gasteiger partial charge in [-0.1, -0.05) is 12.8 Å². The van der Waals surface area contributed by atoms with Crippen LogP contribution in [0.4, 0.5) is 4.79 Å². The molecule has 136 valence electrons. The molecule has 0 radical (unpaired) electrons. The number of nitrogens with one attached hydrogen (secondary N) is 2. The molecule has 1 heterocycles. The van der Waals surface area contributed by atoms with Crippen LogP contribution in [0.25, 0.3) is 0 Å². The summed E-state index contributed by atoms with van der Waals surface area (Å²) in [5.74, 6) is 0. The van der Waals surface area contributed by atoms with Gasteiger partial charge in [-0.3, -0.25) is 4.68 Å². The number of hydrogen-bond acceptors (Lipinski definition) is 4. The lowest BCUT2D eigenvalue weighted by Gasteiger charge is -2.35. The summed E-state index contributed by atoms with van der Waals surface area (Å²) in [4.78, 5) is 12.1. The first-order valence-electron chi connectivity index (χ1n) is 8.91. The van der Waals surface area contributed by atoms with Gasteiger partial charge < -0.3 is 15.4 Å². The molecule has 1 unspecified atom stereocenters. The minimum atomic E-state index is -0.470. The summed E-state index contributed by atoms with van der Waals surface area (Å²) in [6.45, 7) is 9.89. The highest BCUT2D eigenvalue weighted by Crippen LogP contribution is 2.24. The third kappa shape index (κ3) is 4.97. The third-order valence-electron chi connectivity index (χ3n) is 4.67. The van der Waals surface area contributed by atoms with Crippen LogP contribution < -0.4 is 10.6 Å². The quantitative estimate of drug-likeness (QED) is 0.886. The van der Waals surface area contributed by atoms with E-state index in [2.05, 4.69) is 29.6 Å². The molecule has 1 aliphatic carbocycles. The van der Waals surface area contributed by atoms with Crippen molar-refractivity contribution in [3.8, 4) is 0 Å². The number of carbonyl (C=O) groups is 1. The van der Waals surface area contributed by atoms with Crippen LogP contribution in [-0.2, 0) is 11.8 Å². The minimum Gasteiger partial charge on any atom is -0.444 e. The topological polar surface area (TPSA) is 68.2 Å². The number of aryl methyl sites for hydroxylation is 1. The van der Waals surface area contributed by atoms with Crippen LogP contribution in [0.5, 0.6) is 0 Å². The van der Waals surface area contributed by atoms with E-state index in [1.807, 2.05) is 38.7 Å². The van der Waals surface area contributed by atoms with Crippen LogP contribution in [0.2, 0.25) is 0 Å². The number of ether oxygens (including phenoxy) is 1. The highest BCUT2D eigenvalue weighted by molar-refractivity contribution is 5.68. The highest BCUT2D eigenvalue weighted by atomic mass is 16.6. The molecule has 1 aliphatic rings. The molecule has 1 aromatic rings. The van der Waals surface area contributed by atoms with Crippen molar-refractivity contribution in [2.45, 2.75) is 84.0 Å². The Bertz CT molecular complexity index is 562. The second-order valence-corrected chi connectivity index (χ2v) is 7.84. The Hall–Kier alpha value is -1.56. The van der Waals surface area contributed by atoms with Crippen molar-refractivity contribution in [2.75, 3.05) is 0 Å². The van der Waals surface area contributed by atoms with Crippen molar-refractivity contribution in [2.24, 2.45) is 7.05 Å². The average molecular weight is 336 g/mol. The maximum Gasteiger partial charge on any atom is 0.407 e. The average Bonchev–Trinajstić information content (AvgIpc) is 2.79. The van der Waals surface area contributed by atoms with Gasteiger partial charge in [0, 0.05) is 36.4 Å². The molecule has 24 heavy (non-hydrogen) atoms. The van der Waals surface area contributed by atoms with Crippen molar-refractivity contribution >= 4 is 6.09 Å². The predicted octanol–water partition coefficient (Wildman–Crippen LogP) is 3.22. The molecule has 3 atom stereocenters. The lowest BCUT2D eigenvalue weighted by atomic mass is 9.89. The molecule has 6 nitrogen and oxygen atoms in total. The fourth-order valence-corrected chi connectivity index (χ4v) is 3.31. The van der Waals surface area contributed by atoms with Gasteiger partial charge in [0.2, 0.25) is 0 Å². The second kappa shape index (κ2) is 7.55. The van der Waals surface area contributed by atoms with E-state index >= 15 is 0 Å². The maximum absolute atomic E-state index is 12.1. The lowest BCUT2D eigenvalue weighted by molar-refractivity contribution is 0.0477. The first-order valence-corrected chi connectivity index (χ1v) is 8.91. The molecule has 0 aliphatic heterocycles. The number of nitrogens with zero attached hydrogens (tertiary/aromatic N) is 2. The van der Waals surface area contributed by atoms with E-state index in [0.29, 0.717) is 0 Å². The number of alkyl carbamates (subject to hydrolysis) is 1. The van der Waals surface area contributed by atoms with E-state index in [1.165, 1.54) is 17.7 Å². The van der Waals surface area contributed by atoms with E-state index in [-0.39, 0.29) is 24.2 Å². The number of carbonyl (C=O) groups excluding carboxylic acids is 1. The number of aromatic nitrogens is 2. The number of rotatable bonds is 4. The molecule has 2 rings (SSSR count). The van der Waals surface area contributed by atoms with E-state index in [1.54, 1.807) is 0 Å². The normalized spacial score (nSPS) is 22.9.